The Bertz CT molecular complexity index is 746. The summed E-state index contributed by atoms with van der Waals surface area (Å²) >= 11 is 0. The van der Waals surface area contributed by atoms with E-state index in [9.17, 15) is 9.90 Å². The van der Waals surface area contributed by atoms with Gasteiger partial charge in [-0.05, 0) is 6.92 Å². The van der Waals surface area contributed by atoms with Crippen molar-refractivity contribution in [3.63, 3.8) is 0 Å². The molecule has 1 amide bonds. The Balaban J connectivity index is 1.57. The minimum Gasteiger partial charge on any atom is -0.388 e. The quantitative estimate of drug-likeness (QED) is 0.768. The summed E-state index contributed by atoms with van der Waals surface area (Å²) < 4.78 is 11.1. The highest BCUT2D eigenvalue weighted by molar-refractivity contribution is 6.01. The molecule has 0 radical (unpaired) electrons. The van der Waals surface area contributed by atoms with E-state index in [-0.39, 0.29) is 30.8 Å². The summed E-state index contributed by atoms with van der Waals surface area (Å²) in [5, 5.41) is 19.9. The highest BCUT2D eigenvalue weighted by atomic mass is 16.6. The van der Waals surface area contributed by atoms with E-state index in [0.29, 0.717) is 23.6 Å². The van der Waals surface area contributed by atoms with Crippen molar-refractivity contribution in [3.05, 3.63) is 41.6 Å². The van der Waals surface area contributed by atoms with Crippen molar-refractivity contribution < 1.29 is 19.4 Å². The molecule has 3 N–H and O–H groups in total. The number of carbonyl (C=O) groups is 1. The van der Waals surface area contributed by atoms with Crippen molar-refractivity contribution in [2.75, 3.05) is 13.2 Å². The molecule has 4 atom stereocenters. The summed E-state index contributed by atoms with van der Waals surface area (Å²) in [4.78, 5) is 12.8. The van der Waals surface area contributed by atoms with Gasteiger partial charge < -0.3 is 19.9 Å². The Labute approximate surface area is 139 Å². The van der Waals surface area contributed by atoms with Crippen molar-refractivity contribution in [3.8, 4) is 11.3 Å². The molecule has 1 aromatic carbocycles. The largest absolute Gasteiger partial charge is 0.388 e. The molecule has 2 aromatic rings. The summed E-state index contributed by atoms with van der Waals surface area (Å²) in [6, 6.07) is 9.28. The van der Waals surface area contributed by atoms with Crippen molar-refractivity contribution in [1.29, 1.82) is 0 Å². The van der Waals surface area contributed by atoms with Crippen LogP contribution in [0.2, 0.25) is 0 Å². The molecule has 2 saturated heterocycles. The van der Waals surface area contributed by atoms with Gasteiger partial charge in [-0.1, -0.05) is 30.3 Å². The van der Waals surface area contributed by atoms with Gasteiger partial charge in [0.1, 0.15) is 24.0 Å². The highest BCUT2D eigenvalue weighted by Gasteiger charge is 2.47. The second kappa shape index (κ2) is 6.01. The van der Waals surface area contributed by atoms with Gasteiger partial charge in [-0.25, -0.2) is 0 Å². The minimum absolute atomic E-state index is 0.223. The first-order valence-corrected chi connectivity index (χ1v) is 7.97. The lowest BCUT2D eigenvalue weighted by molar-refractivity contribution is 0.0178. The Kier molecular flexibility index (Phi) is 3.84. The van der Waals surface area contributed by atoms with Crippen molar-refractivity contribution in [2.24, 2.45) is 0 Å². The number of fused-ring (bicyclic) bond motifs is 1. The van der Waals surface area contributed by atoms with Gasteiger partial charge in [0.25, 0.3) is 5.91 Å². The number of ether oxygens (including phenoxy) is 2. The van der Waals surface area contributed by atoms with Crippen LogP contribution >= 0.6 is 0 Å². The molecule has 0 saturated carbocycles. The Morgan fingerprint density at radius 3 is 2.79 bits per heavy atom. The number of aromatic amines is 1. The average Bonchev–Trinajstić information content (AvgIpc) is 3.26. The average molecular weight is 329 g/mol. The third-order valence-electron chi connectivity index (χ3n) is 4.57. The number of aryl methyl sites for hydroxylation is 1. The fourth-order valence-electron chi connectivity index (χ4n) is 3.36. The van der Waals surface area contributed by atoms with E-state index in [4.69, 9.17) is 9.47 Å². The summed E-state index contributed by atoms with van der Waals surface area (Å²) in [5.74, 6) is -0.223. The van der Waals surface area contributed by atoms with E-state index in [1.165, 1.54) is 0 Å². The van der Waals surface area contributed by atoms with E-state index < -0.39 is 6.10 Å². The predicted molar refractivity (Wildman–Crippen MR) is 85.5 cm³/mol. The molecule has 7 heteroatoms. The molecule has 2 aliphatic rings. The zero-order valence-electron chi connectivity index (χ0n) is 13.2. The van der Waals surface area contributed by atoms with E-state index in [2.05, 4.69) is 15.5 Å². The highest BCUT2D eigenvalue weighted by Crippen LogP contribution is 2.28. The Hall–Kier alpha value is -2.22. The smallest absolute Gasteiger partial charge is 0.255 e. The van der Waals surface area contributed by atoms with Gasteiger partial charge in [0.05, 0.1) is 24.8 Å². The monoisotopic (exact) mass is 329 g/mol. The van der Waals surface area contributed by atoms with Gasteiger partial charge in [0.2, 0.25) is 0 Å². The Morgan fingerprint density at radius 1 is 1.25 bits per heavy atom. The second-order valence-corrected chi connectivity index (χ2v) is 6.18. The lowest BCUT2D eigenvalue weighted by atomic mass is 10.0. The molecule has 1 aromatic heterocycles. The van der Waals surface area contributed by atoms with Gasteiger partial charge in [0.15, 0.2) is 0 Å². The molecule has 7 nitrogen and oxygen atoms in total. The topological polar surface area (TPSA) is 96.5 Å². The van der Waals surface area contributed by atoms with E-state index in [1.54, 1.807) is 0 Å². The van der Waals surface area contributed by atoms with Crippen LogP contribution in [-0.2, 0) is 9.47 Å². The number of carbonyl (C=O) groups excluding carboxylic acids is 1. The molecule has 3 heterocycles. The SMILES string of the molecule is Cc1[nH]nc(-c2ccccc2)c1C(=O)N[C@@H]1CO[C@H]2[C@@H]1OC[C@H]2O. The van der Waals surface area contributed by atoms with Crippen molar-refractivity contribution in [2.45, 2.75) is 31.3 Å². The molecule has 2 aliphatic heterocycles. The fourth-order valence-corrected chi connectivity index (χ4v) is 3.36. The van der Waals surface area contributed by atoms with Crippen LogP contribution in [0.4, 0.5) is 0 Å². The number of aromatic nitrogens is 2. The molecular weight excluding hydrogens is 310 g/mol. The molecule has 0 aliphatic carbocycles. The lowest BCUT2D eigenvalue weighted by Crippen LogP contribution is -2.44. The number of aliphatic hydroxyl groups excluding tert-OH is 1. The molecule has 0 bridgehead atoms. The number of rotatable bonds is 3. The number of H-pyrrole nitrogens is 1. The van der Waals surface area contributed by atoms with Gasteiger partial charge in [0, 0.05) is 11.3 Å². The number of aliphatic hydroxyl groups is 1. The van der Waals surface area contributed by atoms with Crippen LogP contribution in [0, 0.1) is 6.92 Å². The number of nitrogens with zero attached hydrogens (tertiary/aromatic N) is 1. The van der Waals surface area contributed by atoms with Crippen molar-refractivity contribution >= 4 is 5.91 Å². The molecule has 0 unspecified atom stereocenters. The first-order valence-electron chi connectivity index (χ1n) is 7.97. The van der Waals surface area contributed by atoms with Crippen LogP contribution in [0.3, 0.4) is 0 Å². The zero-order chi connectivity index (χ0) is 16.7. The molecule has 0 spiro atoms. The third-order valence-corrected chi connectivity index (χ3v) is 4.57. The molecule has 24 heavy (non-hydrogen) atoms. The number of hydrogen-bond acceptors (Lipinski definition) is 5. The van der Waals surface area contributed by atoms with Crippen LogP contribution in [0.25, 0.3) is 11.3 Å². The summed E-state index contributed by atoms with van der Waals surface area (Å²) in [7, 11) is 0. The first-order chi connectivity index (χ1) is 11.6. The second-order valence-electron chi connectivity index (χ2n) is 6.18. The zero-order valence-corrected chi connectivity index (χ0v) is 13.2. The lowest BCUT2D eigenvalue weighted by Gasteiger charge is -2.17. The molecule has 126 valence electrons. The van der Waals surface area contributed by atoms with E-state index >= 15 is 0 Å². The maximum Gasteiger partial charge on any atom is 0.255 e. The van der Waals surface area contributed by atoms with Gasteiger partial charge in [-0.2, -0.15) is 5.10 Å². The van der Waals surface area contributed by atoms with Crippen LogP contribution in [0.15, 0.2) is 30.3 Å². The molecule has 2 fully saturated rings. The van der Waals surface area contributed by atoms with Crippen LogP contribution < -0.4 is 5.32 Å². The summed E-state index contributed by atoms with van der Waals surface area (Å²) in [6.45, 7) is 2.38. The minimum atomic E-state index is -0.632. The summed E-state index contributed by atoms with van der Waals surface area (Å²) in [6.07, 6.45) is -1.31. The van der Waals surface area contributed by atoms with Gasteiger partial charge >= 0.3 is 0 Å². The van der Waals surface area contributed by atoms with Crippen LogP contribution in [0.1, 0.15) is 16.1 Å². The maximum absolute atomic E-state index is 12.8. The van der Waals surface area contributed by atoms with E-state index in [1.807, 2.05) is 37.3 Å². The number of hydrogen-bond donors (Lipinski definition) is 3. The Morgan fingerprint density at radius 2 is 2.00 bits per heavy atom. The predicted octanol–water partition coefficient (Wildman–Crippen LogP) is 0.642. The maximum atomic E-state index is 12.8. The number of amides is 1. The van der Waals surface area contributed by atoms with E-state index in [0.717, 1.165) is 5.56 Å². The molecule has 4 rings (SSSR count). The fraction of sp³-hybridized carbons (Fsp3) is 0.412. The summed E-state index contributed by atoms with van der Waals surface area (Å²) in [5.41, 5.74) is 2.71. The normalized spacial score (nSPS) is 28.8. The number of nitrogens with one attached hydrogen (secondary N) is 2. The standard InChI is InChI=1S/C17H19N3O4/c1-9-13(14(20-19-9)10-5-3-2-4-6-10)17(22)18-11-7-23-16-12(21)8-24-15(11)16/h2-6,11-12,15-16,21H,7-8H2,1H3,(H,18,22)(H,19,20)/t11-,12-,15-,16-/m1/s1. The van der Waals surface area contributed by atoms with Crippen LogP contribution in [0.5, 0.6) is 0 Å². The molecular formula is C17H19N3O4. The third kappa shape index (κ3) is 2.50. The van der Waals surface area contributed by atoms with Gasteiger partial charge in [-0.15, -0.1) is 0 Å². The number of benzene rings is 1. The van der Waals surface area contributed by atoms with Crippen LogP contribution in [-0.4, -0.2) is 58.8 Å². The first kappa shape index (κ1) is 15.3. The van der Waals surface area contributed by atoms with Crippen molar-refractivity contribution in [1.82, 2.24) is 15.5 Å². The van der Waals surface area contributed by atoms with Gasteiger partial charge in [-0.3, -0.25) is 9.89 Å².